The van der Waals surface area contributed by atoms with Gasteiger partial charge in [0.2, 0.25) is 0 Å². The van der Waals surface area contributed by atoms with Gasteiger partial charge < -0.3 is 5.11 Å². The Kier molecular flexibility index (Phi) is 4.75. The fourth-order valence-electron chi connectivity index (χ4n) is 1.96. The number of benzene rings is 1. The van der Waals surface area contributed by atoms with Crippen molar-refractivity contribution in [3.8, 4) is 0 Å². The van der Waals surface area contributed by atoms with Crippen molar-refractivity contribution in [2.24, 2.45) is 0 Å². The number of aromatic nitrogens is 3. The lowest BCUT2D eigenvalue weighted by molar-refractivity contribution is -0.144. The van der Waals surface area contributed by atoms with E-state index < -0.39 is 11.5 Å². The lowest BCUT2D eigenvalue weighted by Crippen LogP contribution is -2.51. The topological polar surface area (TPSA) is 90.9 Å². The molecule has 3 N–H and O–H groups in total. The summed E-state index contributed by atoms with van der Waals surface area (Å²) in [6, 6.07) is 9.17. The Balaban J connectivity index is 2.29. The number of aromatic amines is 1. The molecule has 0 aliphatic rings. The molecule has 1 aromatic carbocycles. The number of carboxylic acids is 1. The van der Waals surface area contributed by atoms with Crippen LogP contribution in [0.4, 0.5) is 0 Å². The Morgan fingerprint density at radius 1 is 1.45 bits per heavy atom. The van der Waals surface area contributed by atoms with Crippen molar-refractivity contribution in [2.75, 3.05) is 12.3 Å². The van der Waals surface area contributed by atoms with Gasteiger partial charge in [0.25, 0.3) is 0 Å². The van der Waals surface area contributed by atoms with Crippen molar-refractivity contribution < 1.29 is 9.90 Å². The van der Waals surface area contributed by atoms with Gasteiger partial charge in [-0.25, -0.2) is 9.78 Å². The Labute approximate surface area is 121 Å². The minimum atomic E-state index is -1.15. The van der Waals surface area contributed by atoms with Crippen LogP contribution < -0.4 is 5.32 Å². The second-order valence-electron chi connectivity index (χ2n) is 4.19. The lowest BCUT2D eigenvalue weighted by Gasteiger charge is -2.30. The monoisotopic (exact) mass is 292 g/mol. The van der Waals surface area contributed by atoms with E-state index in [4.69, 9.17) is 0 Å². The molecule has 0 radical (unpaired) electrons. The number of H-pyrrole nitrogens is 1. The minimum Gasteiger partial charge on any atom is -0.480 e. The first-order valence-corrected chi connectivity index (χ1v) is 7.19. The number of rotatable bonds is 7. The Hall–Kier alpha value is -1.86. The normalized spacial score (nSPS) is 13.8. The van der Waals surface area contributed by atoms with Crippen molar-refractivity contribution in [1.82, 2.24) is 20.5 Å². The molecule has 7 heteroatoms. The van der Waals surface area contributed by atoms with E-state index in [1.807, 2.05) is 37.3 Å². The molecule has 1 atom stereocenters. The van der Waals surface area contributed by atoms with Crippen LogP contribution >= 0.6 is 11.8 Å². The zero-order valence-corrected chi connectivity index (χ0v) is 11.9. The van der Waals surface area contributed by atoms with E-state index in [-0.39, 0.29) is 0 Å². The molecule has 106 valence electrons. The molecule has 0 amide bonds. The van der Waals surface area contributed by atoms with Crippen LogP contribution in [0.1, 0.15) is 12.5 Å². The third-order valence-corrected chi connectivity index (χ3v) is 3.98. The molecule has 1 unspecified atom stereocenters. The van der Waals surface area contributed by atoms with Crippen LogP contribution in [0.3, 0.4) is 0 Å². The number of carbonyl (C=O) groups is 1. The summed E-state index contributed by atoms with van der Waals surface area (Å²) in [4.78, 5) is 15.9. The van der Waals surface area contributed by atoms with E-state index in [2.05, 4.69) is 20.5 Å². The molecule has 1 aromatic heterocycles. The van der Waals surface area contributed by atoms with Crippen LogP contribution in [-0.4, -0.2) is 38.6 Å². The van der Waals surface area contributed by atoms with Gasteiger partial charge in [-0.15, -0.1) is 0 Å². The second kappa shape index (κ2) is 6.53. The van der Waals surface area contributed by atoms with Crippen LogP contribution in [0.5, 0.6) is 0 Å². The minimum absolute atomic E-state index is 0.315. The predicted octanol–water partition coefficient (Wildman–Crippen LogP) is 1.49. The molecule has 2 aromatic rings. The predicted molar refractivity (Wildman–Crippen MR) is 76.5 cm³/mol. The highest BCUT2D eigenvalue weighted by Crippen LogP contribution is 2.28. The first kappa shape index (κ1) is 14.5. The Morgan fingerprint density at radius 3 is 2.75 bits per heavy atom. The Bertz CT molecular complexity index is 547. The van der Waals surface area contributed by atoms with Crippen molar-refractivity contribution in [2.45, 2.75) is 17.6 Å². The number of likely N-dealkylation sites (N-methyl/N-ethyl adjacent to an activating group) is 1. The molecule has 0 saturated heterocycles. The molecule has 6 nitrogen and oxygen atoms in total. The van der Waals surface area contributed by atoms with Crippen LogP contribution in [0, 0.1) is 0 Å². The molecular weight excluding hydrogens is 276 g/mol. The summed E-state index contributed by atoms with van der Waals surface area (Å²) < 4.78 is 0. The molecule has 0 saturated carbocycles. The van der Waals surface area contributed by atoms with E-state index in [0.717, 1.165) is 5.56 Å². The molecule has 0 bridgehead atoms. The van der Waals surface area contributed by atoms with Gasteiger partial charge in [0, 0.05) is 5.75 Å². The largest absolute Gasteiger partial charge is 0.480 e. The highest BCUT2D eigenvalue weighted by molar-refractivity contribution is 7.99. The van der Waals surface area contributed by atoms with E-state index in [9.17, 15) is 9.90 Å². The van der Waals surface area contributed by atoms with E-state index >= 15 is 0 Å². The molecule has 20 heavy (non-hydrogen) atoms. The summed E-state index contributed by atoms with van der Waals surface area (Å²) in [6.45, 7) is 2.44. The summed E-state index contributed by atoms with van der Waals surface area (Å²) in [5, 5.41) is 19.9. The summed E-state index contributed by atoms with van der Waals surface area (Å²) >= 11 is 1.32. The van der Waals surface area contributed by atoms with Gasteiger partial charge in [-0.3, -0.25) is 10.4 Å². The van der Waals surface area contributed by atoms with Gasteiger partial charge in [0.1, 0.15) is 6.33 Å². The van der Waals surface area contributed by atoms with Gasteiger partial charge in [0.15, 0.2) is 10.7 Å². The lowest BCUT2D eigenvalue weighted by atomic mass is 9.92. The number of aliphatic carboxylic acids is 1. The Morgan fingerprint density at radius 2 is 2.20 bits per heavy atom. The molecule has 1 heterocycles. The molecule has 0 aliphatic carbocycles. The molecule has 0 fully saturated rings. The maximum atomic E-state index is 11.8. The standard InChI is InChI=1S/C13H16N4O2S/c1-2-15-13(11(18)19,10-6-4-3-5-7-10)8-20-12-14-9-16-17-12/h3-7,9,15H,2,8H2,1H3,(H,18,19)(H,14,16,17). The van der Waals surface area contributed by atoms with Gasteiger partial charge in [-0.1, -0.05) is 49.0 Å². The van der Waals surface area contributed by atoms with Crippen LogP contribution in [0.25, 0.3) is 0 Å². The highest BCUT2D eigenvalue weighted by atomic mass is 32.2. The zero-order chi connectivity index (χ0) is 14.4. The van der Waals surface area contributed by atoms with E-state index in [1.54, 1.807) is 0 Å². The summed E-state index contributed by atoms with van der Waals surface area (Å²) in [5.41, 5.74) is -0.422. The number of hydrogen-bond acceptors (Lipinski definition) is 5. The van der Waals surface area contributed by atoms with Gasteiger partial charge >= 0.3 is 5.97 Å². The molecular formula is C13H16N4O2S. The van der Waals surface area contributed by atoms with Crippen molar-refractivity contribution in [3.05, 3.63) is 42.2 Å². The van der Waals surface area contributed by atoms with E-state index in [1.165, 1.54) is 18.1 Å². The first-order valence-electron chi connectivity index (χ1n) is 6.21. The summed E-state index contributed by atoms with van der Waals surface area (Å²) in [7, 11) is 0. The van der Waals surface area contributed by atoms with Crippen molar-refractivity contribution in [1.29, 1.82) is 0 Å². The fraction of sp³-hybridized carbons (Fsp3) is 0.308. The fourth-order valence-corrected chi connectivity index (χ4v) is 2.95. The molecule has 0 spiro atoms. The summed E-state index contributed by atoms with van der Waals surface area (Å²) in [5.74, 6) is -0.590. The van der Waals surface area contributed by atoms with Gasteiger partial charge in [-0.05, 0) is 12.1 Å². The molecule has 2 rings (SSSR count). The maximum absolute atomic E-state index is 11.8. The smallest absolute Gasteiger partial charge is 0.329 e. The van der Waals surface area contributed by atoms with E-state index in [0.29, 0.717) is 17.5 Å². The van der Waals surface area contributed by atoms with Gasteiger partial charge in [0.05, 0.1) is 0 Å². The van der Waals surface area contributed by atoms with Crippen LogP contribution in [0.2, 0.25) is 0 Å². The number of nitrogens with one attached hydrogen (secondary N) is 2. The van der Waals surface area contributed by atoms with Crippen LogP contribution in [-0.2, 0) is 10.3 Å². The number of carboxylic acid groups (broad SMARTS) is 1. The highest BCUT2D eigenvalue weighted by Gasteiger charge is 2.39. The average Bonchev–Trinajstić information content (AvgIpc) is 2.97. The second-order valence-corrected chi connectivity index (χ2v) is 5.15. The first-order chi connectivity index (χ1) is 9.69. The number of hydrogen-bond donors (Lipinski definition) is 3. The average molecular weight is 292 g/mol. The van der Waals surface area contributed by atoms with Crippen molar-refractivity contribution in [3.63, 3.8) is 0 Å². The van der Waals surface area contributed by atoms with Gasteiger partial charge in [-0.2, -0.15) is 5.10 Å². The maximum Gasteiger partial charge on any atom is 0.329 e. The third-order valence-electron chi connectivity index (χ3n) is 2.93. The summed E-state index contributed by atoms with van der Waals surface area (Å²) in [6.07, 6.45) is 1.40. The third kappa shape index (κ3) is 3.00. The molecule has 0 aliphatic heterocycles. The number of nitrogens with zero attached hydrogens (tertiary/aromatic N) is 2. The number of thioether (sulfide) groups is 1. The SMILES string of the molecule is CCNC(CSc1ncn[nH]1)(C(=O)O)c1ccccc1. The quantitative estimate of drug-likeness (QED) is 0.670. The van der Waals surface area contributed by atoms with Crippen LogP contribution in [0.15, 0.2) is 41.8 Å². The van der Waals surface area contributed by atoms with Crippen molar-refractivity contribution >= 4 is 17.7 Å². The zero-order valence-electron chi connectivity index (χ0n) is 11.0.